The molecule has 3 aliphatic rings. The molecule has 0 radical (unpaired) electrons. The molecular formula is C28H40N4O5. The standard InChI is InChI=1S/C28H40N4O5/c1-2-37-22-16-14-21(15-17-22)30-26(34)19-32-24-12-6-5-11-23(24)27(35)31(28(32)36)18-8-7-13-25(33)29-20-9-3-4-10-20/h14-17,20,23-24H,2-13,18-19H2,1H3,(H,29,33)(H,30,34). The maximum atomic E-state index is 13.4. The van der Waals surface area contributed by atoms with E-state index in [1.54, 1.807) is 29.2 Å². The van der Waals surface area contributed by atoms with Gasteiger partial charge in [0.1, 0.15) is 12.3 Å². The van der Waals surface area contributed by atoms with Crippen LogP contribution < -0.4 is 15.4 Å². The number of carbonyl (C=O) groups excluding carboxylic acids is 4. The van der Waals surface area contributed by atoms with Crippen molar-refractivity contribution >= 4 is 29.4 Å². The molecule has 9 heteroatoms. The van der Waals surface area contributed by atoms with Gasteiger partial charge in [-0.1, -0.05) is 25.7 Å². The first-order chi connectivity index (χ1) is 18.0. The Morgan fingerprint density at radius 1 is 0.946 bits per heavy atom. The maximum absolute atomic E-state index is 13.4. The third-order valence-electron chi connectivity index (χ3n) is 7.71. The molecule has 1 saturated heterocycles. The van der Waals surface area contributed by atoms with Crippen molar-refractivity contribution in [3.8, 4) is 5.75 Å². The summed E-state index contributed by atoms with van der Waals surface area (Å²) in [6.45, 7) is 2.65. The molecule has 1 aromatic rings. The van der Waals surface area contributed by atoms with Crippen molar-refractivity contribution in [3.05, 3.63) is 24.3 Å². The number of imide groups is 1. The smallest absolute Gasteiger partial charge is 0.327 e. The molecule has 4 rings (SSSR count). The van der Waals surface area contributed by atoms with Gasteiger partial charge in [0.15, 0.2) is 0 Å². The molecule has 1 aliphatic heterocycles. The van der Waals surface area contributed by atoms with E-state index in [0.29, 0.717) is 37.6 Å². The van der Waals surface area contributed by atoms with Gasteiger partial charge in [0, 0.05) is 30.7 Å². The summed E-state index contributed by atoms with van der Waals surface area (Å²) in [6.07, 6.45) is 9.36. The molecule has 37 heavy (non-hydrogen) atoms. The Bertz CT molecular complexity index is 960. The van der Waals surface area contributed by atoms with Gasteiger partial charge in [0.2, 0.25) is 17.7 Å². The lowest BCUT2D eigenvalue weighted by molar-refractivity contribution is -0.141. The van der Waals surface area contributed by atoms with Crippen LogP contribution in [0.2, 0.25) is 0 Å². The van der Waals surface area contributed by atoms with E-state index in [1.165, 1.54) is 17.7 Å². The fraction of sp³-hybridized carbons (Fsp3) is 0.643. The molecule has 0 bridgehead atoms. The molecule has 202 valence electrons. The summed E-state index contributed by atoms with van der Waals surface area (Å²) in [5.41, 5.74) is 0.627. The fourth-order valence-electron chi connectivity index (χ4n) is 5.84. The van der Waals surface area contributed by atoms with Gasteiger partial charge in [-0.15, -0.1) is 0 Å². The van der Waals surface area contributed by atoms with Crippen LogP contribution in [0.15, 0.2) is 24.3 Å². The quantitative estimate of drug-likeness (QED) is 0.435. The number of rotatable bonds is 11. The van der Waals surface area contributed by atoms with Gasteiger partial charge in [0.05, 0.1) is 12.5 Å². The van der Waals surface area contributed by atoms with E-state index >= 15 is 0 Å². The topological polar surface area (TPSA) is 108 Å². The first-order valence-corrected chi connectivity index (χ1v) is 13.9. The predicted octanol–water partition coefficient (Wildman–Crippen LogP) is 4.08. The van der Waals surface area contributed by atoms with Crippen LogP contribution in [0, 0.1) is 5.92 Å². The number of benzene rings is 1. The number of ether oxygens (including phenoxy) is 1. The van der Waals surface area contributed by atoms with Crippen LogP contribution in [-0.2, 0) is 14.4 Å². The molecular weight excluding hydrogens is 472 g/mol. The van der Waals surface area contributed by atoms with E-state index in [4.69, 9.17) is 4.74 Å². The van der Waals surface area contributed by atoms with E-state index < -0.39 is 6.03 Å². The highest BCUT2D eigenvalue weighted by molar-refractivity contribution is 6.01. The first kappa shape index (κ1) is 26.9. The Labute approximate surface area is 219 Å². The van der Waals surface area contributed by atoms with Gasteiger partial charge in [-0.3, -0.25) is 19.3 Å². The van der Waals surface area contributed by atoms with E-state index in [9.17, 15) is 19.2 Å². The summed E-state index contributed by atoms with van der Waals surface area (Å²) in [5.74, 6) is 0.0773. The predicted molar refractivity (Wildman–Crippen MR) is 140 cm³/mol. The highest BCUT2D eigenvalue weighted by atomic mass is 16.5. The normalized spacial score (nSPS) is 22.1. The number of nitrogens with zero attached hydrogens (tertiary/aromatic N) is 2. The van der Waals surface area contributed by atoms with Crippen LogP contribution >= 0.6 is 0 Å². The van der Waals surface area contributed by atoms with Gasteiger partial charge >= 0.3 is 6.03 Å². The molecule has 9 nitrogen and oxygen atoms in total. The van der Waals surface area contributed by atoms with Gasteiger partial charge < -0.3 is 20.3 Å². The number of fused-ring (bicyclic) bond motifs is 1. The summed E-state index contributed by atoms with van der Waals surface area (Å²) < 4.78 is 5.44. The minimum absolute atomic E-state index is 0.0446. The van der Waals surface area contributed by atoms with E-state index in [0.717, 1.165) is 44.3 Å². The average molecular weight is 513 g/mol. The van der Waals surface area contributed by atoms with Crippen molar-refractivity contribution in [2.45, 2.75) is 89.6 Å². The van der Waals surface area contributed by atoms with Crippen LogP contribution in [0.1, 0.15) is 77.6 Å². The van der Waals surface area contributed by atoms with Gasteiger partial charge in [-0.05, 0) is 69.7 Å². The molecule has 1 aromatic carbocycles. The minimum atomic E-state index is -0.398. The Morgan fingerprint density at radius 3 is 2.38 bits per heavy atom. The summed E-state index contributed by atoms with van der Waals surface area (Å²) in [6, 6.07) is 6.77. The molecule has 2 aliphatic carbocycles. The van der Waals surface area contributed by atoms with Crippen molar-refractivity contribution in [2.24, 2.45) is 5.92 Å². The maximum Gasteiger partial charge on any atom is 0.327 e. The zero-order chi connectivity index (χ0) is 26.2. The molecule has 5 amide bonds. The largest absolute Gasteiger partial charge is 0.494 e. The van der Waals surface area contributed by atoms with Crippen LogP contribution in [0.3, 0.4) is 0 Å². The third-order valence-corrected chi connectivity index (χ3v) is 7.71. The van der Waals surface area contributed by atoms with Crippen molar-refractivity contribution in [2.75, 3.05) is 25.0 Å². The third kappa shape index (κ3) is 7.02. The van der Waals surface area contributed by atoms with Crippen LogP contribution in [0.5, 0.6) is 5.75 Å². The van der Waals surface area contributed by atoms with E-state index in [1.807, 2.05) is 6.92 Å². The highest BCUT2D eigenvalue weighted by Crippen LogP contribution is 2.34. The second-order valence-electron chi connectivity index (χ2n) is 10.4. The van der Waals surface area contributed by atoms with Gasteiger partial charge in [0.25, 0.3) is 0 Å². The molecule has 0 spiro atoms. The number of nitrogens with one attached hydrogen (secondary N) is 2. The molecule has 3 fully saturated rings. The van der Waals surface area contributed by atoms with Crippen LogP contribution in [0.4, 0.5) is 10.5 Å². The molecule has 2 atom stereocenters. The molecule has 2 saturated carbocycles. The SMILES string of the molecule is CCOc1ccc(NC(=O)CN2C(=O)N(CCCCC(=O)NC3CCCC3)C(=O)C3CCCCC32)cc1. The lowest BCUT2D eigenvalue weighted by Gasteiger charge is -2.46. The Hall–Kier alpha value is -3.10. The van der Waals surface area contributed by atoms with Crippen LogP contribution in [0.25, 0.3) is 0 Å². The summed E-state index contributed by atoms with van der Waals surface area (Å²) in [7, 11) is 0. The number of amides is 5. The number of hydrogen-bond acceptors (Lipinski definition) is 5. The van der Waals surface area contributed by atoms with Crippen molar-refractivity contribution in [1.29, 1.82) is 0 Å². The summed E-state index contributed by atoms with van der Waals surface area (Å²) in [4.78, 5) is 54.6. The van der Waals surface area contributed by atoms with Crippen molar-refractivity contribution in [3.63, 3.8) is 0 Å². The molecule has 2 unspecified atom stereocenters. The van der Waals surface area contributed by atoms with Gasteiger partial charge in [-0.2, -0.15) is 0 Å². The highest BCUT2D eigenvalue weighted by Gasteiger charge is 2.47. The number of unbranched alkanes of at least 4 members (excludes halogenated alkanes) is 1. The second-order valence-corrected chi connectivity index (χ2v) is 10.4. The van der Waals surface area contributed by atoms with E-state index in [2.05, 4.69) is 10.6 Å². The number of carbonyl (C=O) groups is 4. The molecule has 0 aromatic heterocycles. The fourth-order valence-corrected chi connectivity index (χ4v) is 5.84. The summed E-state index contributed by atoms with van der Waals surface area (Å²) in [5, 5.41) is 5.94. The Kier molecular flexibility index (Phi) is 9.41. The zero-order valence-electron chi connectivity index (χ0n) is 21.9. The Morgan fingerprint density at radius 2 is 1.65 bits per heavy atom. The lowest BCUT2D eigenvalue weighted by Crippen LogP contribution is -2.63. The second kappa shape index (κ2) is 12.9. The van der Waals surface area contributed by atoms with Crippen molar-refractivity contribution < 1.29 is 23.9 Å². The van der Waals surface area contributed by atoms with E-state index in [-0.39, 0.29) is 42.8 Å². The average Bonchev–Trinajstić information content (AvgIpc) is 3.40. The minimum Gasteiger partial charge on any atom is -0.494 e. The first-order valence-electron chi connectivity index (χ1n) is 13.9. The zero-order valence-corrected chi connectivity index (χ0v) is 21.9. The Balaban J connectivity index is 1.32. The monoisotopic (exact) mass is 512 g/mol. The van der Waals surface area contributed by atoms with Crippen molar-refractivity contribution in [1.82, 2.24) is 15.1 Å². The molecule has 2 N–H and O–H groups in total. The molecule has 1 heterocycles. The number of urea groups is 1. The summed E-state index contributed by atoms with van der Waals surface area (Å²) >= 11 is 0. The number of anilines is 1. The van der Waals surface area contributed by atoms with Crippen LogP contribution in [-0.4, -0.2) is 65.3 Å². The number of hydrogen-bond donors (Lipinski definition) is 2. The van der Waals surface area contributed by atoms with Gasteiger partial charge in [-0.25, -0.2) is 4.79 Å². The lowest BCUT2D eigenvalue weighted by atomic mass is 9.81.